The van der Waals surface area contributed by atoms with E-state index >= 15 is 0 Å². The predicted octanol–water partition coefficient (Wildman–Crippen LogP) is -0.0925. The molecule has 1 heterocycles. The zero-order valence-corrected chi connectivity index (χ0v) is 3.70. The molecule has 0 unspecified atom stereocenters. The molecule has 3 N–H and O–H groups in total. The van der Waals surface area contributed by atoms with Gasteiger partial charge in [-0.05, 0) is 6.07 Å². The van der Waals surface area contributed by atoms with Crippen LogP contribution in [0, 0.1) is 0 Å². The molecule has 38 valence electrons. The second-order valence-electron chi connectivity index (χ2n) is 1.32. The Hall–Kier alpha value is -1.12. The van der Waals surface area contributed by atoms with Crippen LogP contribution in [0.5, 0.6) is 5.75 Å². The van der Waals surface area contributed by atoms with Crippen LogP contribution in [0.1, 0.15) is 0 Å². The second kappa shape index (κ2) is 1.18. The molecule has 0 radical (unpaired) electrons. The number of hydrogen-bond acceptors (Lipinski definition) is 2. The minimum absolute atomic E-state index is 0.197. The molecule has 0 saturated carbocycles. The van der Waals surface area contributed by atoms with Crippen LogP contribution in [0.4, 0.5) is 0 Å². The second-order valence-corrected chi connectivity index (χ2v) is 1.32. The van der Waals surface area contributed by atoms with Gasteiger partial charge in [-0.25, -0.2) is 0 Å². The summed E-state index contributed by atoms with van der Waals surface area (Å²) in [6, 6.07) is 1.51. The highest BCUT2D eigenvalue weighted by atomic mass is 16.3. The van der Waals surface area contributed by atoms with Gasteiger partial charge in [0.2, 0.25) is 0 Å². The number of nitrogens with two attached hydrogens (primary N) is 1. The number of nitrogens with zero attached hydrogens (tertiary/aromatic N) is 1. The van der Waals surface area contributed by atoms with Crippen LogP contribution in [0.25, 0.3) is 0 Å². The van der Waals surface area contributed by atoms with E-state index in [4.69, 9.17) is 10.9 Å². The van der Waals surface area contributed by atoms with Gasteiger partial charge >= 0.3 is 0 Å². The first-order chi connectivity index (χ1) is 3.29. The monoisotopic (exact) mass is 98.0 g/mol. The summed E-state index contributed by atoms with van der Waals surface area (Å²) in [5.74, 6) is 5.33. The van der Waals surface area contributed by atoms with Gasteiger partial charge in [-0.15, -0.1) is 0 Å². The van der Waals surface area contributed by atoms with Crippen LogP contribution < -0.4 is 5.84 Å². The van der Waals surface area contributed by atoms with E-state index in [9.17, 15) is 0 Å². The van der Waals surface area contributed by atoms with E-state index in [1.54, 1.807) is 6.20 Å². The largest absolute Gasteiger partial charge is 0.506 e. The number of aromatic nitrogens is 1. The first kappa shape index (κ1) is 4.05. The summed E-state index contributed by atoms with van der Waals surface area (Å²) in [5.41, 5.74) is 0. The predicted molar refractivity (Wildman–Crippen MR) is 26.2 cm³/mol. The van der Waals surface area contributed by atoms with Gasteiger partial charge in [0.1, 0.15) is 5.75 Å². The average Bonchev–Trinajstić information content (AvgIpc) is 1.87. The summed E-state index contributed by atoms with van der Waals surface area (Å²) >= 11 is 0. The first-order valence-electron chi connectivity index (χ1n) is 1.91. The summed E-state index contributed by atoms with van der Waals surface area (Å²) in [4.78, 5) is 0. The molecule has 0 aromatic carbocycles. The van der Waals surface area contributed by atoms with Gasteiger partial charge in [0.05, 0.1) is 6.20 Å². The van der Waals surface area contributed by atoms with E-state index in [0.29, 0.717) is 0 Å². The van der Waals surface area contributed by atoms with Crippen molar-refractivity contribution in [2.24, 2.45) is 0 Å². The van der Waals surface area contributed by atoms with Gasteiger partial charge in [-0.2, -0.15) is 0 Å². The molecule has 7 heavy (non-hydrogen) atoms. The van der Waals surface area contributed by atoms with Gasteiger partial charge in [0.15, 0.2) is 0 Å². The topological polar surface area (TPSA) is 51.2 Å². The maximum atomic E-state index is 8.55. The molecule has 1 aromatic heterocycles. The fourth-order valence-corrected chi connectivity index (χ4v) is 0.401. The molecular formula is C4H6N2O. The summed E-state index contributed by atoms with van der Waals surface area (Å²) in [5, 5.41) is 8.55. The Bertz CT molecular complexity index is 142. The van der Waals surface area contributed by atoms with Crippen LogP contribution >= 0.6 is 0 Å². The molecule has 1 rings (SSSR count). The van der Waals surface area contributed by atoms with Gasteiger partial charge in [-0.3, -0.25) is 4.68 Å². The van der Waals surface area contributed by atoms with Crippen molar-refractivity contribution in [3.8, 4) is 5.75 Å². The third-order valence-electron chi connectivity index (χ3n) is 0.699. The van der Waals surface area contributed by atoms with Crippen molar-refractivity contribution in [1.29, 1.82) is 0 Å². The van der Waals surface area contributed by atoms with Crippen molar-refractivity contribution in [1.82, 2.24) is 4.68 Å². The Morgan fingerprint density at radius 2 is 2.43 bits per heavy atom. The van der Waals surface area contributed by atoms with Crippen LogP contribution in [-0.2, 0) is 0 Å². The lowest BCUT2D eigenvalue weighted by Gasteiger charge is -1.82. The van der Waals surface area contributed by atoms with Gasteiger partial charge < -0.3 is 10.9 Å². The minimum Gasteiger partial charge on any atom is -0.506 e. The summed E-state index contributed by atoms with van der Waals surface area (Å²) in [6.45, 7) is 0. The van der Waals surface area contributed by atoms with E-state index in [1.807, 2.05) is 0 Å². The Morgan fingerprint density at radius 3 is 2.57 bits per heavy atom. The Balaban J connectivity index is 3.04. The van der Waals surface area contributed by atoms with E-state index in [1.165, 1.54) is 16.9 Å². The van der Waals surface area contributed by atoms with E-state index in [0.717, 1.165) is 0 Å². The molecule has 0 saturated heterocycles. The highest BCUT2D eigenvalue weighted by molar-refractivity contribution is 5.14. The molecule has 0 aliphatic rings. The summed E-state index contributed by atoms with van der Waals surface area (Å²) in [7, 11) is 0. The lowest BCUT2D eigenvalue weighted by molar-refractivity contribution is 0.475. The lowest BCUT2D eigenvalue weighted by Crippen LogP contribution is -2.02. The molecule has 1 aromatic rings. The SMILES string of the molecule is Nn1ccc(O)c1. The van der Waals surface area contributed by atoms with Crippen molar-refractivity contribution in [2.45, 2.75) is 0 Å². The van der Waals surface area contributed by atoms with E-state index in [-0.39, 0.29) is 5.75 Å². The summed E-state index contributed by atoms with van der Waals surface area (Å²) < 4.78 is 1.29. The van der Waals surface area contributed by atoms with Crippen molar-refractivity contribution in [2.75, 3.05) is 5.84 Å². The molecule has 3 heteroatoms. The Kier molecular flexibility index (Phi) is 0.685. The molecule has 0 atom stereocenters. The number of aromatic hydroxyl groups is 1. The molecule has 0 amide bonds. The smallest absolute Gasteiger partial charge is 0.135 e. The van der Waals surface area contributed by atoms with Crippen molar-refractivity contribution >= 4 is 0 Å². The summed E-state index contributed by atoms with van der Waals surface area (Å²) in [6.07, 6.45) is 2.98. The van der Waals surface area contributed by atoms with Gasteiger partial charge in [-0.1, -0.05) is 0 Å². The standard InChI is InChI=1S/C4H6N2O/c5-6-2-1-4(7)3-6/h1-3,7H,5H2. The van der Waals surface area contributed by atoms with Crippen LogP contribution in [0.15, 0.2) is 18.5 Å². The zero-order valence-electron chi connectivity index (χ0n) is 3.70. The Morgan fingerprint density at radius 1 is 1.71 bits per heavy atom. The highest BCUT2D eigenvalue weighted by Crippen LogP contribution is 2.03. The van der Waals surface area contributed by atoms with E-state index < -0.39 is 0 Å². The third-order valence-corrected chi connectivity index (χ3v) is 0.699. The number of nitrogen functional groups attached to an aromatic ring is 1. The molecule has 0 fully saturated rings. The number of hydrogen-bond donors (Lipinski definition) is 2. The van der Waals surface area contributed by atoms with E-state index in [2.05, 4.69) is 0 Å². The quantitative estimate of drug-likeness (QED) is 0.445. The lowest BCUT2D eigenvalue weighted by atomic mass is 10.6. The van der Waals surface area contributed by atoms with Crippen LogP contribution in [0.3, 0.4) is 0 Å². The maximum absolute atomic E-state index is 8.55. The molecular weight excluding hydrogens is 92.1 g/mol. The molecule has 3 nitrogen and oxygen atoms in total. The van der Waals surface area contributed by atoms with Gasteiger partial charge in [0, 0.05) is 6.20 Å². The number of rotatable bonds is 0. The van der Waals surface area contributed by atoms with Crippen LogP contribution in [-0.4, -0.2) is 9.78 Å². The third kappa shape index (κ3) is 0.652. The van der Waals surface area contributed by atoms with Crippen molar-refractivity contribution < 1.29 is 5.11 Å². The van der Waals surface area contributed by atoms with Crippen molar-refractivity contribution in [3.63, 3.8) is 0 Å². The highest BCUT2D eigenvalue weighted by Gasteiger charge is 1.83. The molecule has 0 aliphatic heterocycles. The zero-order chi connectivity index (χ0) is 5.28. The normalized spacial score (nSPS) is 9.14. The average molecular weight is 98.1 g/mol. The van der Waals surface area contributed by atoms with Gasteiger partial charge in [0.25, 0.3) is 0 Å². The van der Waals surface area contributed by atoms with Crippen molar-refractivity contribution in [3.05, 3.63) is 18.5 Å². The minimum atomic E-state index is 0.197. The molecule has 0 bridgehead atoms. The van der Waals surface area contributed by atoms with Crippen LogP contribution in [0.2, 0.25) is 0 Å². The molecule has 0 spiro atoms. The first-order valence-corrected chi connectivity index (χ1v) is 1.91. The fraction of sp³-hybridized carbons (Fsp3) is 0. The Labute approximate surface area is 41.0 Å². The molecule has 0 aliphatic carbocycles. The maximum Gasteiger partial charge on any atom is 0.135 e. The fourth-order valence-electron chi connectivity index (χ4n) is 0.401.